The number of hydrogen-bond acceptors (Lipinski definition) is 0. The standard InChI is InChI=1S/C8H8Cl2/c1-6(9)7-2-4-8(10)5-3-7/h2-6H,1H3/t6-/m0/s1. The Morgan fingerprint density at radius 1 is 1.20 bits per heavy atom. The molecule has 0 nitrogen and oxygen atoms in total. The molecule has 0 fully saturated rings. The molecule has 0 aromatic heterocycles. The average molecular weight is 175 g/mol. The van der Waals surface area contributed by atoms with Gasteiger partial charge in [-0.1, -0.05) is 23.7 Å². The van der Waals surface area contributed by atoms with Crippen LogP contribution in [0.2, 0.25) is 5.02 Å². The Morgan fingerprint density at radius 3 is 2.10 bits per heavy atom. The van der Waals surface area contributed by atoms with Crippen LogP contribution in [0.1, 0.15) is 17.9 Å². The van der Waals surface area contributed by atoms with Crippen LogP contribution in [0.15, 0.2) is 24.3 Å². The van der Waals surface area contributed by atoms with Crippen molar-refractivity contribution in [3.8, 4) is 0 Å². The predicted octanol–water partition coefficient (Wildman–Crippen LogP) is 3.64. The molecule has 1 atom stereocenters. The molecule has 2 heteroatoms. The summed E-state index contributed by atoms with van der Waals surface area (Å²) in [4.78, 5) is 0. The summed E-state index contributed by atoms with van der Waals surface area (Å²) >= 11 is 11.5. The second-order valence-electron chi connectivity index (χ2n) is 2.17. The first-order valence-corrected chi connectivity index (χ1v) is 3.91. The minimum atomic E-state index is 0.0669. The zero-order chi connectivity index (χ0) is 7.56. The van der Waals surface area contributed by atoms with Crippen LogP contribution in [-0.2, 0) is 0 Å². The first-order valence-electron chi connectivity index (χ1n) is 3.09. The van der Waals surface area contributed by atoms with Crippen LogP contribution in [0.4, 0.5) is 0 Å². The van der Waals surface area contributed by atoms with Crippen molar-refractivity contribution in [2.24, 2.45) is 0 Å². The summed E-state index contributed by atoms with van der Waals surface area (Å²) in [5.41, 5.74) is 1.10. The van der Waals surface area contributed by atoms with E-state index in [9.17, 15) is 0 Å². The molecule has 0 N–H and O–H groups in total. The van der Waals surface area contributed by atoms with Gasteiger partial charge in [-0.25, -0.2) is 0 Å². The number of halogens is 2. The molecule has 0 amide bonds. The third-order valence-corrected chi connectivity index (χ3v) is 1.83. The first-order chi connectivity index (χ1) is 4.70. The second-order valence-corrected chi connectivity index (χ2v) is 3.26. The van der Waals surface area contributed by atoms with Crippen LogP contribution >= 0.6 is 23.2 Å². The first kappa shape index (κ1) is 7.90. The lowest BCUT2D eigenvalue weighted by atomic mass is 10.2. The molecule has 0 bridgehead atoms. The van der Waals surface area contributed by atoms with Crippen LogP contribution in [0.3, 0.4) is 0 Å². The summed E-state index contributed by atoms with van der Waals surface area (Å²) in [5.74, 6) is 0. The fourth-order valence-corrected chi connectivity index (χ4v) is 0.999. The minimum absolute atomic E-state index is 0.0669. The molecule has 0 saturated heterocycles. The van der Waals surface area contributed by atoms with E-state index in [2.05, 4.69) is 0 Å². The Kier molecular flexibility index (Phi) is 2.58. The maximum absolute atomic E-state index is 5.81. The van der Waals surface area contributed by atoms with E-state index in [-0.39, 0.29) is 5.38 Å². The molecule has 0 unspecified atom stereocenters. The predicted molar refractivity (Wildman–Crippen MR) is 45.7 cm³/mol. The Hall–Kier alpha value is -0.200. The highest BCUT2D eigenvalue weighted by atomic mass is 35.5. The summed E-state index contributed by atoms with van der Waals surface area (Å²) in [7, 11) is 0. The lowest BCUT2D eigenvalue weighted by Gasteiger charge is -2.00. The van der Waals surface area contributed by atoms with Gasteiger partial charge in [0.25, 0.3) is 0 Å². The van der Waals surface area contributed by atoms with Crippen LogP contribution < -0.4 is 0 Å². The molecule has 1 aromatic rings. The smallest absolute Gasteiger partial charge is 0.0557 e. The van der Waals surface area contributed by atoms with Crippen molar-refractivity contribution < 1.29 is 0 Å². The van der Waals surface area contributed by atoms with E-state index in [1.54, 1.807) is 0 Å². The fourth-order valence-electron chi connectivity index (χ4n) is 0.728. The van der Waals surface area contributed by atoms with Gasteiger partial charge < -0.3 is 0 Å². The van der Waals surface area contributed by atoms with Gasteiger partial charge in [-0.15, -0.1) is 11.6 Å². The highest BCUT2D eigenvalue weighted by Crippen LogP contribution is 2.20. The molecule has 0 spiro atoms. The Bertz CT molecular complexity index is 201. The van der Waals surface area contributed by atoms with Crippen molar-refractivity contribution in [3.05, 3.63) is 34.9 Å². The van der Waals surface area contributed by atoms with E-state index in [0.29, 0.717) is 0 Å². The summed E-state index contributed by atoms with van der Waals surface area (Å²) in [6, 6.07) is 7.55. The third kappa shape index (κ3) is 1.89. The van der Waals surface area contributed by atoms with Crippen molar-refractivity contribution in [3.63, 3.8) is 0 Å². The summed E-state index contributed by atoms with van der Waals surface area (Å²) < 4.78 is 0. The Morgan fingerprint density at radius 2 is 1.70 bits per heavy atom. The summed E-state index contributed by atoms with van der Waals surface area (Å²) in [6.45, 7) is 1.94. The molecule has 0 aliphatic carbocycles. The lowest BCUT2D eigenvalue weighted by Crippen LogP contribution is -1.81. The van der Waals surface area contributed by atoms with Gasteiger partial charge in [0.05, 0.1) is 5.38 Å². The quantitative estimate of drug-likeness (QED) is 0.571. The van der Waals surface area contributed by atoms with E-state index >= 15 is 0 Å². The molecular weight excluding hydrogens is 167 g/mol. The summed E-state index contributed by atoms with van der Waals surface area (Å²) in [5, 5.41) is 0.818. The SMILES string of the molecule is C[C@H](Cl)c1ccc(Cl)cc1. The highest BCUT2D eigenvalue weighted by Gasteiger charge is 1.98. The maximum atomic E-state index is 5.81. The number of rotatable bonds is 1. The lowest BCUT2D eigenvalue weighted by molar-refractivity contribution is 1.08. The molecule has 0 saturated carbocycles. The molecule has 0 radical (unpaired) electrons. The molecule has 1 rings (SSSR count). The molecular formula is C8H8Cl2. The van der Waals surface area contributed by atoms with E-state index in [1.165, 1.54) is 0 Å². The van der Waals surface area contributed by atoms with Crippen molar-refractivity contribution >= 4 is 23.2 Å². The molecule has 1 aromatic carbocycles. The van der Waals surface area contributed by atoms with Gasteiger partial charge >= 0.3 is 0 Å². The van der Waals surface area contributed by atoms with Crippen molar-refractivity contribution in [2.75, 3.05) is 0 Å². The average Bonchev–Trinajstić information content (AvgIpc) is 1.88. The maximum Gasteiger partial charge on any atom is 0.0557 e. The monoisotopic (exact) mass is 174 g/mol. The van der Waals surface area contributed by atoms with Crippen LogP contribution in [0.5, 0.6) is 0 Å². The van der Waals surface area contributed by atoms with Gasteiger partial charge in [0.15, 0.2) is 0 Å². The molecule has 0 heterocycles. The minimum Gasteiger partial charge on any atom is -0.118 e. The van der Waals surface area contributed by atoms with Crippen molar-refractivity contribution in [2.45, 2.75) is 12.3 Å². The Balaban J connectivity index is 2.89. The van der Waals surface area contributed by atoms with Gasteiger partial charge in [-0.2, -0.15) is 0 Å². The zero-order valence-electron chi connectivity index (χ0n) is 5.64. The molecule has 54 valence electrons. The molecule has 10 heavy (non-hydrogen) atoms. The van der Waals surface area contributed by atoms with Gasteiger partial charge in [0.2, 0.25) is 0 Å². The van der Waals surface area contributed by atoms with Crippen LogP contribution in [-0.4, -0.2) is 0 Å². The van der Waals surface area contributed by atoms with Gasteiger partial charge in [0.1, 0.15) is 0 Å². The number of alkyl halides is 1. The zero-order valence-corrected chi connectivity index (χ0v) is 7.15. The fraction of sp³-hybridized carbons (Fsp3) is 0.250. The van der Waals surface area contributed by atoms with E-state index in [4.69, 9.17) is 23.2 Å². The van der Waals surface area contributed by atoms with Gasteiger partial charge in [-0.05, 0) is 24.6 Å². The summed E-state index contributed by atoms with van der Waals surface area (Å²) in [6.07, 6.45) is 0. The number of hydrogen-bond donors (Lipinski definition) is 0. The normalized spacial score (nSPS) is 13.1. The van der Waals surface area contributed by atoms with Crippen molar-refractivity contribution in [1.29, 1.82) is 0 Å². The highest BCUT2D eigenvalue weighted by molar-refractivity contribution is 6.30. The van der Waals surface area contributed by atoms with Gasteiger partial charge in [-0.3, -0.25) is 0 Å². The number of benzene rings is 1. The molecule has 0 aliphatic heterocycles. The largest absolute Gasteiger partial charge is 0.118 e. The van der Waals surface area contributed by atoms with Crippen LogP contribution in [0, 0.1) is 0 Å². The van der Waals surface area contributed by atoms with E-state index in [1.807, 2.05) is 31.2 Å². The van der Waals surface area contributed by atoms with Crippen molar-refractivity contribution in [1.82, 2.24) is 0 Å². The van der Waals surface area contributed by atoms with Crippen LogP contribution in [0.25, 0.3) is 0 Å². The topological polar surface area (TPSA) is 0 Å². The van der Waals surface area contributed by atoms with E-state index in [0.717, 1.165) is 10.6 Å². The Labute approximate surface area is 70.8 Å². The molecule has 0 aliphatic rings. The van der Waals surface area contributed by atoms with Gasteiger partial charge in [0, 0.05) is 5.02 Å². The third-order valence-electron chi connectivity index (χ3n) is 1.33. The second kappa shape index (κ2) is 3.27. The van der Waals surface area contributed by atoms with E-state index < -0.39 is 0 Å².